The number of nitrogens with one attached hydrogen (secondary N) is 1. The van der Waals surface area contributed by atoms with Gasteiger partial charge in [-0.2, -0.15) is 0 Å². The molecule has 0 spiro atoms. The molecule has 2 atom stereocenters. The fraction of sp³-hybridized carbons (Fsp3) is 0.429. The van der Waals surface area contributed by atoms with E-state index < -0.39 is 17.9 Å². The van der Waals surface area contributed by atoms with Crippen molar-refractivity contribution in [3.05, 3.63) is 36.1 Å². The summed E-state index contributed by atoms with van der Waals surface area (Å²) in [5, 5.41) is 2.91. The van der Waals surface area contributed by atoms with Crippen LogP contribution >= 0.6 is 0 Å². The van der Waals surface area contributed by atoms with Gasteiger partial charge in [-0.3, -0.25) is 10.1 Å². The molecule has 1 N–H and O–H groups in total. The smallest absolute Gasteiger partial charge is 0.336 e. The summed E-state index contributed by atoms with van der Waals surface area (Å²) < 4.78 is 10.1. The number of ketones is 1. The molecular formula is C14H17NO4. The standard InChI is InChI=1S/C14H17NO4/c1-9-5-3-6-10-11(9)13(16)12(14(17)19-10)15-7-4-8-18-2/h3,5-6,11-12,15H,1,4,7-8H2,2H3. The molecule has 2 unspecified atom stereocenters. The third kappa shape index (κ3) is 2.83. The lowest BCUT2D eigenvalue weighted by Gasteiger charge is -2.31. The molecule has 0 radical (unpaired) electrons. The third-order valence-corrected chi connectivity index (χ3v) is 3.12. The maximum absolute atomic E-state index is 12.3. The second-order valence-corrected chi connectivity index (χ2v) is 4.49. The number of methoxy groups -OCH3 is 1. The first-order chi connectivity index (χ1) is 9.15. The average molecular weight is 263 g/mol. The van der Waals surface area contributed by atoms with Crippen molar-refractivity contribution in [2.24, 2.45) is 5.92 Å². The first kappa shape index (κ1) is 13.7. The van der Waals surface area contributed by atoms with Gasteiger partial charge in [-0.15, -0.1) is 0 Å². The minimum absolute atomic E-state index is 0.200. The molecule has 0 aromatic carbocycles. The van der Waals surface area contributed by atoms with Crippen molar-refractivity contribution in [2.75, 3.05) is 20.3 Å². The number of ether oxygens (including phenoxy) is 2. The van der Waals surface area contributed by atoms with Crippen LogP contribution in [0.4, 0.5) is 0 Å². The Morgan fingerprint density at radius 2 is 2.26 bits per heavy atom. The quantitative estimate of drug-likeness (QED) is 0.450. The molecule has 0 saturated carbocycles. The van der Waals surface area contributed by atoms with Crippen LogP contribution in [0.25, 0.3) is 0 Å². The number of hydrogen-bond acceptors (Lipinski definition) is 5. The van der Waals surface area contributed by atoms with Crippen molar-refractivity contribution in [1.29, 1.82) is 0 Å². The largest absolute Gasteiger partial charge is 0.428 e. The summed E-state index contributed by atoms with van der Waals surface area (Å²) >= 11 is 0. The maximum atomic E-state index is 12.3. The molecule has 0 aromatic rings. The zero-order chi connectivity index (χ0) is 13.8. The Bertz CT molecular complexity index is 464. The van der Waals surface area contributed by atoms with Crippen molar-refractivity contribution in [3.8, 4) is 0 Å². The lowest BCUT2D eigenvalue weighted by Crippen LogP contribution is -2.52. The Balaban J connectivity index is 2.04. The molecule has 1 aliphatic carbocycles. The lowest BCUT2D eigenvalue weighted by molar-refractivity contribution is -0.151. The van der Waals surface area contributed by atoms with Crippen LogP contribution in [0.3, 0.4) is 0 Å². The van der Waals surface area contributed by atoms with Crippen LogP contribution in [0, 0.1) is 5.92 Å². The van der Waals surface area contributed by atoms with Gasteiger partial charge in [0.05, 0.1) is 0 Å². The Morgan fingerprint density at radius 1 is 1.47 bits per heavy atom. The Hall–Kier alpha value is -1.72. The molecule has 1 fully saturated rings. The minimum Gasteiger partial charge on any atom is -0.428 e. The van der Waals surface area contributed by atoms with Gasteiger partial charge in [-0.05, 0) is 24.6 Å². The molecule has 5 nitrogen and oxygen atoms in total. The number of Topliss-reactive ketones (excluding diaryl/α,β-unsaturated/α-hetero) is 1. The van der Waals surface area contributed by atoms with Crippen LogP contribution in [0.15, 0.2) is 36.1 Å². The zero-order valence-electron chi connectivity index (χ0n) is 10.8. The van der Waals surface area contributed by atoms with Gasteiger partial charge in [0, 0.05) is 13.7 Å². The molecule has 0 bridgehead atoms. The van der Waals surface area contributed by atoms with E-state index in [1.807, 2.05) is 0 Å². The molecule has 1 saturated heterocycles. The highest BCUT2D eigenvalue weighted by Gasteiger charge is 2.43. The molecule has 2 rings (SSSR count). The predicted molar refractivity (Wildman–Crippen MR) is 69.2 cm³/mol. The average Bonchev–Trinajstić information content (AvgIpc) is 2.37. The number of hydrogen-bond donors (Lipinski definition) is 1. The molecule has 19 heavy (non-hydrogen) atoms. The molecule has 5 heteroatoms. The Morgan fingerprint density at radius 3 is 3.00 bits per heavy atom. The van der Waals surface area contributed by atoms with Crippen LogP contribution in [-0.2, 0) is 19.1 Å². The summed E-state index contributed by atoms with van der Waals surface area (Å²) in [6.07, 6.45) is 5.84. The molecule has 1 heterocycles. The number of rotatable bonds is 5. The molecule has 1 aliphatic heterocycles. The number of fused-ring (bicyclic) bond motifs is 1. The zero-order valence-corrected chi connectivity index (χ0v) is 10.8. The SMILES string of the molecule is C=C1C=CC=C2OC(=O)C(NCCCOC)C(=O)C12. The third-order valence-electron chi connectivity index (χ3n) is 3.12. The Labute approximate surface area is 112 Å². The topological polar surface area (TPSA) is 64.6 Å². The van der Waals surface area contributed by atoms with Gasteiger partial charge in [-0.1, -0.05) is 18.7 Å². The van der Waals surface area contributed by atoms with E-state index in [2.05, 4.69) is 11.9 Å². The van der Waals surface area contributed by atoms with Crippen molar-refractivity contribution < 1.29 is 19.1 Å². The fourth-order valence-corrected chi connectivity index (χ4v) is 2.16. The first-order valence-corrected chi connectivity index (χ1v) is 6.20. The molecule has 2 aliphatic rings. The summed E-state index contributed by atoms with van der Waals surface area (Å²) in [6, 6.07) is -0.915. The normalized spacial score (nSPS) is 25.9. The van der Waals surface area contributed by atoms with Gasteiger partial charge in [0.15, 0.2) is 11.8 Å². The van der Waals surface area contributed by atoms with Gasteiger partial charge in [-0.25, -0.2) is 4.79 Å². The van der Waals surface area contributed by atoms with Gasteiger partial charge in [0.25, 0.3) is 0 Å². The van der Waals surface area contributed by atoms with Crippen molar-refractivity contribution in [1.82, 2.24) is 5.32 Å². The van der Waals surface area contributed by atoms with Crippen molar-refractivity contribution in [2.45, 2.75) is 12.5 Å². The van der Waals surface area contributed by atoms with E-state index in [0.717, 1.165) is 6.42 Å². The Kier molecular flexibility index (Phi) is 4.29. The van der Waals surface area contributed by atoms with Crippen LogP contribution in [-0.4, -0.2) is 38.1 Å². The van der Waals surface area contributed by atoms with E-state index in [9.17, 15) is 9.59 Å². The first-order valence-electron chi connectivity index (χ1n) is 6.20. The van der Waals surface area contributed by atoms with E-state index in [1.54, 1.807) is 25.3 Å². The summed E-state index contributed by atoms with van der Waals surface area (Å²) in [4.78, 5) is 24.1. The molecule has 102 valence electrons. The van der Waals surface area contributed by atoms with E-state index in [4.69, 9.17) is 9.47 Å². The molecular weight excluding hydrogens is 246 g/mol. The van der Waals surface area contributed by atoms with E-state index >= 15 is 0 Å². The predicted octanol–water partition coefficient (Wildman–Crippen LogP) is 0.733. The van der Waals surface area contributed by atoms with Gasteiger partial charge in [0.1, 0.15) is 11.7 Å². The monoisotopic (exact) mass is 263 g/mol. The number of carbonyl (C=O) groups excluding carboxylic acids is 2. The number of carbonyl (C=O) groups is 2. The fourth-order valence-electron chi connectivity index (χ4n) is 2.16. The van der Waals surface area contributed by atoms with Gasteiger partial charge < -0.3 is 9.47 Å². The highest BCUT2D eigenvalue weighted by molar-refractivity contribution is 6.09. The van der Waals surface area contributed by atoms with Crippen molar-refractivity contribution >= 4 is 11.8 Å². The summed E-state index contributed by atoms with van der Waals surface area (Å²) in [5.41, 5.74) is 0.652. The summed E-state index contributed by atoms with van der Waals surface area (Å²) in [7, 11) is 1.61. The highest BCUT2D eigenvalue weighted by Crippen LogP contribution is 2.31. The van der Waals surface area contributed by atoms with Gasteiger partial charge >= 0.3 is 5.97 Å². The van der Waals surface area contributed by atoms with E-state index in [0.29, 0.717) is 24.5 Å². The molecule has 0 amide bonds. The lowest BCUT2D eigenvalue weighted by atomic mass is 9.84. The highest BCUT2D eigenvalue weighted by atomic mass is 16.5. The van der Waals surface area contributed by atoms with E-state index in [1.165, 1.54) is 0 Å². The second kappa shape index (κ2) is 5.95. The minimum atomic E-state index is -0.915. The maximum Gasteiger partial charge on any atom is 0.336 e. The van der Waals surface area contributed by atoms with Gasteiger partial charge in [0.2, 0.25) is 0 Å². The van der Waals surface area contributed by atoms with Crippen molar-refractivity contribution in [3.63, 3.8) is 0 Å². The second-order valence-electron chi connectivity index (χ2n) is 4.49. The number of esters is 1. The van der Waals surface area contributed by atoms with E-state index in [-0.39, 0.29) is 5.78 Å². The molecule has 0 aromatic heterocycles. The van der Waals surface area contributed by atoms with Crippen LogP contribution in [0.1, 0.15) is 6.42 Å². The van der Waals surface area contributed by atoms with Crippen LogP contribution < -0.4 is 5.32 Å². The van der Waals surface area contributed by atoms with Crippen LogP contribution in [0.2, 0.25) is 0 Å². The van der Waals surface area contributed by atoms with Crippen LogP contribution in [0.5, 0.6) is 0 Å². The summed E-state index contributed by atoms with van der Waals surface area (Å²) in [5.74, 6) is -0.914. The number of allylic oxidation sites excluding steroid dienone is 4. The summed E-state index contributed by atoms with van der Waals surface area (Å²) in [6.45, 7) is 4.93.